The van der Waals surface area contributed by atoms with Crippen LogP contribution < -0.4 is 15.5 Å². The monoisotopic (exact) mass is 396 g/mol. The number of methoxy groups -OCH3 is 1. The molecule has 2 aromatic rings. The van der Waals surface area contributed by atoms with Crippen LogP contribution in [0.4, 0.5) is 5.69 Å². The fourth-order valence-electron chi connectivity index (χ4n) is 3.26. The van der Waals surface area contributed by atoms with Gasteiger partial charge in [-0.25, -0.2) is 0 Å². The van der Waals surface area contributed by atoms with Gasteiger partial charge in [-0.2, -0.15) is 5.26 Å². The molecule has 0 bridgehead atoms. The van der Waals surface area contributed by atoms with Crippen molar-refractivity contribution in [2.75, 3.05) is 19.1 Å². The number of allylic oxidation sites excluding steroid dienone is 1. The number of hydrogen-bond donors (Lipinski definition) is 3. The molecule has 3 heterocycles. The number of nitrogens with one attached hydrogen (secondary N) is 3. The van der Waals surface area contributed by atoms with Crippen molar-refractivity contribution in [1.29, 1.82) is 5.26 Å². The van der Waals surface area contributed by atoms with Gasteiger partial charge in [-0.1, -0.05) is 17.7 Å². The van der Waals surface area contributed by atoms with Crippen LogP contribution in [0.3, 0.4) is 0 Å². The quantitative estimate of drug-likeness (QED) is 0.736. The van der Waals surface area contributed by atoms with E-state index >= 15 is 0 Å². The van der Waals surface area contributed by atoms with Gasteiger partial charge in [-0.15, -0.1) is 0 Å². The number of fused-ring (bicyclic) bond motifs is 1. The fraction of sp³-hybridized carbons (Fsp3) is 0.211. The van der Waals surface area contributed by atoms with Gasteiger partial charge in [0.15, 0.2) is 11.9 Å². The molecule has 0 fully saturated rings. The van der Waals surface area contributed by atoms with Crippen LogP contribution in [0.5, 0.6) is 5.75 Å². The maximum atomic E-state index is 12.1. The lowest BCUT2D eigenvalue weighted by Crippen LogP contribution is -2.31. The number of amides is 1. The summed E-state index contributed by atoms with van der Waals surface area (Å²) < 4.78 is 5.39. The molecule has 0 aliphatic carbocycles. The first-order chi connectivity index (χ1) is 13.6. The summed E-state index contributed by atoms with van der Waals surface area (Å²) in [4.78, 5) is 19.9. The van der Waals surface area contributed by atoms with Crippen molar-refractivity contribution in [3.8, 4) is 11.8 Å². The number of H-pyrrole nitrogens is 1. The fourth-order valence-corrected chi connectivity index (χ4v) is 3.51. The summed E-state index contributed by atoms with van der Waals surface area (Å²) in [6.45, 7) is 0.597. The lowest BCUT2D eigenvalue weighted by molar-refractivity contribution is 0.0946. The Balaban J connectivity index is 1.70. The van der Waals surface area contributed by atoms with E-state index in [9.17, 15) is 10.1 Å². The van der Waals surface area contributed by atoms with Gasteiger partial charge in [0, 0.05) is 31.1 Å². The molecular formula is C19H17ClN6O2. The van der Waals surface area contributed by atoms with E-state index in [2.05, 4.69) is 26.8 Å². The molecular weight excluding hydrogens is 380 g/mol. The smallest absolute Gasteiger partial charge is 0.253 e. The Kier molecular flexibility index (Phi) is 4.67. The van der Waals surface area contributed by atoms with Crippen molar-refractivity contribution in [3.05, 3.63) is 58.0 Å². The molecule has 1 amide bonds. The van der Waals surface area contributed by atoms with Crippen LogP contribution in [0.1, 0.15) is 27.9 Å². The van der Waals surface area contributed by atoms with Crippen LogP contribution in [-0.2, 0) is 6.42 Å². The summed E-state index contributed by atoms with van der Waals surface area (Å²) in [5, 5.41) is 14.2. The number of rotatable bonds is 4. The molecule has 28 heavy (non-hydrogen) atoms. The summed E-state index contributed by atoms with van der Waals surface area (Å²) in [6.07, 6.45) is 3.39. The largest absolute Gasteiger partial charge is 0.493 e. The standard InChI is InChI=1S/C19H17ClN6O2/c1-28-17-13(20)3-2-4-15(17)25-26-10-11(8-21)9-23-18(26)16-7-12-14(24-16)5-6-22-19(12)27/h2-4,7,9-10,18,24-25H,5-6H2,1H3,(H,22,27). The number of benzene rings is 1. The SMILES string of the molecule is COc1c(Cl)cccc1NN1C=C(C#N)C=NC1c1cc2c([nH]1)CCNC2=O. The number of nitrogens with zero attached hydrogens (tertiary/aromatic N) is 3. The molecule has 1 unspecified atom stereocenters. The molecule has 142 valence electrons. The van der Waals surface area contributed by atoms with E-state index in [-0.39, 0.29) is 5.91 Å². The van der Waals surface area contributed by atoms with E-state index in [1.807, 2.05) is 6.07 Å². The Morgan fingerprint density at radius 3 is 3.07 bits per heavy atom. The van der Waals surface area contributed by atoms with E-state index in [1.54, 1.807) is 29.4 Å². The third kappa shape index (κ3) is 3.17. The molecule has 0 spiro atoms. The number of aliphatic imine (C=N–C) groups is 1. The Labute approximate surface area is 166 Å². The highest BCUT2D eigenvalue weighted by atomic mass is 35.5. The second-order valence-corrected chi connectivity index (χ2v) is 6.72. The van der Waals surface area contributed by atoms with Crippen LogP contribution in [0.2, 0.25) is 5.02 Å². The van der Waals surface area contributed by atoms with Gasteiger partial charge in [0.1, 0.15) is 6.07 Å². The number of nitriles is 1. The molecule has 2 aliphatic rings. The third-order valence-corrected chi connectivity index (χ3v) is 4.85. The molecule has 2 aliphatic heterocycles. The number of hydrogen-bond acceptors (Lipinski definition) is 6. The van der Waals surface area contributed by atoms with Crippen molar-refractivity contribution in [2.24, 2.45) is 4.99 Å². The van der Waals surface area contributed by atoms with E-state index in [4.69, 9.17) is 16.3 Å². The van der Waals surface area contributed by atoms with E-state index in [1.165, 1.54) is 13.3 Å². The van der Waals surface area contributed by atoms with Crippen LogP contribution in [0.15, 0.2) is 41.0 Å². The van der Waals surface area contributed by atoms with Crippen molar-refractivity contribution < 1.29 is 9.53 Å². The van der Waals surface area contributed by atoms with Gasteiger partial charge in [0.05, 0.1) is 34.7 Å². The van der Waals surface area contributed by atoms with Gasteiger partial charge < -0.3 is 15.0 Å². The molecule has 0 saturated carbocycles. The van der Waals surface area contributed by atoms with Gasteiger partial charge in [0.2, 0.25) is 0 Å². The lowest BCUT2D eigenvalue weighted by Gasteiger charge is -2.31. The number of carbonyl (C=O) groups excluding carboxylic acids is 1. The van der Waals surface area contributed by atoms with Crippen LogP contribution in [0.25, 0.3) is 0 Å². The van der Waals surface area contributed by atoms with Crippen molar-refractivity contribution in [2.45, 2.75) is 12.6 Å². The first-order valence-corrected chi connectivity index (χ1v) is 9.01. The second kappa shape index (κ2) is 7.29. The zero-order valence-electron chi connectivity index (χ0n) is 15.0. The highest BCUT2D eigenvalue weighted by molar-refractivity contribution is 6.32. The second-order valence-electron chi connectivity index (χ2n) is 6.31. The van der Waals surface area contributed by atoms with Crippen LogP contribution in [-0.4, -0.2) is 35.8 Å². The lowest BCUT2D eigenvalue weighted by atomic mass is 10.1. The van der Waals surface area contributed by atoms with E-state index < -0.39 is 6.17 Å². The summed E-state index contributed by atoms with van der Waals surface area (Å²) >= 11 is 6.21. The first kappa shape index (κ1) is 17.9. The number of halogens is 1. The zero-order valence-corrected chi connectivity index (χ0v) is 15.7. The number of anilines is 1. The molecule has 4 rings (SSSR count). The highest BCUT2D eigenvalue weighted by Crippen LogP contribution is 2.35. The van der Waals surface area contributed by atoms with Crippen LogP contribution in [0, 0.1) is 11.3 Å². The Morgan fingerprint density at radius 1 is 1.46 bits per heavy atom. The normalized spacial score (nSPS) is 18.0. The maximum absolute atomic E-state index is 12.1. The predicted molar refractivity (Wildman–Crippen MR) is 105 cm³/mol. The highest BCUT2D eigenvalue weighted by Gasteiger charge is 2.27. The molecule has 9 heteroatoms. The average molecular weight is 397 g/mol. The van der Waals surface area contributed by atoms with E-state index in [0.717, 1.165) is 17.8 Å². The predicted octanol–water partition coefficient (Wildman–Crippen LogP) is 2.78. The number of aromatic nitrogens is 1. The minimum Gasteiger partial charge on any atom is -0.493 e. The van der Waals surface area contributed by atoms with Crippen molar-refractivity contribution >= 4 is 29.4 Å². The molecule has 0 saturated heterocycles. The topological polar surface area (TPSA) is 106 Å². The van der Waals surface area contributed by atoms with Crippen molar-refractivity contribution in [1.82, 2.24) is 15.3 Å². The number of aromatic amines is 1. The van der Waals surface area contributed by atoms with Gasteiger partial charge >= 0.3 is 0 Å². The number of hydrazine groups is 1. The Bertz CT molecular complexity index is 1040. The number of carbonyl (C=O) groups is 1. The Morgan fingerprint density at radius 2 is 2.32 bits per heavy atom. The molecule has 0 radical (unpaired) electrons. The minimum absolute atomic E-state index is 0.104. The molecule has 3 N–H and O–H groups in total. The molecule has 8 nitrogen and oxygen atoms in total. The summed E-state index contributed by atoms with van der Waals surface area (Å²) in [6, 6.07) is 9.21. The number of ether oxygens (including phenoxy) is 1. The molecule has 1 aromatic carbocycles. The molecule has 1 atom stereocenters. The van der Waals surface area contributed by atoms with Crippen molar-refractivity contribution in [3.63, 3.8) is 0 Å². The first-order valence-electron chi connectivity index (χ1n) is 8.63. The third-order valence-electron chi connectivity index (χ3n) is 4.55. The minimum atomic E-state index is -0.501. The summed E-state index contributed by atoms with van der Waals surface area (Å²) in [7, 11) is 1.53. The van der Waals surface area contributed by atoms with Gasteiger partial charge in [-0.05, 0) is 18.2 Å². The zero-order chi connectivity index (χ0) is 19.7. The Hall–Kier alpha value is -3.44. The summed E-state index contributed by atoms with van der Waals surface area (Å²) in [5.74, 6) is 0.377. The van der Waals surface area contributed by atoms with Gasteiger partial charge in [0.25, 0.3) is 5.91 Å². The van der Waals surface area contributed by atoms with Crippen LogP contribution >= 0.6 is 11.6 Å². The average Bonchev–Trinajstić information content (AvgIpc) is 3.13. The van der Waals surface area contributed by atoms with E-state index in [0.29, 0.717) is 34.1 Å². The molecule has 1 aromatic heterocycles. The summed E-state index contributed by atoms with van der Waals surface area (Å²) in [5.41, 5.74) is 6.45. The number of para-hydroxylation sites is 1. The van der Waals surface area contributed by atoms with Gasteiger partial charge in [-0.3, -0.25) is 20.2 Å². The maximum Gasteiger partial charge on any atom is 0.253 e.